The van der Waals surface area contributed by atoms with Crippen molar-refractivity contribution in [2.75, 3.05) is 6.54 Å². The van der Waals surface area contributed by atoms with Crippen LogP contribution in [0.3, 0.4) is 0 Å². The lowest BCUT2D eigenvalue weighted by molar-refractivity contribution is -0.00534. The summed E-state index contributed by atoms with van der Waals surface area (Å²) in [6, 6.07) is 7.68. The molecule has 1 aromatic carbocycles. The summed E-state index contributed by atoms with van der Waals surface area (Å²) in [5.74, 6) is -2.87. The largest absolute Gasteiger partial charge is 0.302 e. The minimum atomic E-state index is -2.87. The van der Waals surface area contributed by atoms with Crippen molar-refractivity contribution in [3.63, 3.8) is 0 Å². The van der Waals surface area contributed by atoms with Crippen molar-refractivity contribution in [2.24, 2.45) is 0 Å². The fourth-order valence-electron chi connectivity index (χ4n) is 1.60. The third kappa shape index (κ3) is 3.11. The topological polar surface area (TPSA) is 24.9 Å². The van der Waals surface area contributed by atoms with Gasteiger partial charge in [0.05, 0.1) is 12.6 Å². The highest BCUT2D eigenvalue weighted by Gasteiger charge is 2.31. The third-order valence-corrected chi connectivity index (χ3v) is 3.61. The molecule has 0 aliphatic carbocycles. The maximum atomic E-state index is 13.9. The van der Waals surface area contributed by atoms with Crippen LogP contribution in [0.2, 0.25) is 0 Å². The van der Waals surface area contributed by atoms with Gasteiger partial charge in [0.1, 0.15) is 5.01 Å². The van der Waals surface area contributed by atoms with Gasteiger partial charge in [0.25, 0.3) is 5.92 Å². The summed E-state index contributed by atoms with van der Waals surface area (Å²) in [7, 11) is 0. The molecule has 96 valence electrons. The van der Waals surface area contributed by atoms with Gasteiger partial charge in [0.2, 0.25) is 0 Å². The first kappa shape index (κ1) is 13.1. The predicted molar refractivity (Wildman–Crippen MR) is 68.9 cm³/mol. The number of hydrogen-bond donors (Lipinski definition) is 1. The smallest absolute Gasteiger partial charge is 0.285 e. The van der Waals surface area contributed by atoms with Gasteiger partial charge >= 0.3 is 0 Å². The second-order valence-corrected chi connectivity index (χ2v) is 4.97. The first-order chi connectivity index (χ1) is 8.59. The van der Waals surface area contributed by atoms with Gasteiger partial charge in [-0.25, -0.2) is 4.98 Å². The zero-order valence-electron chi connectivity index (χ0n) is 9.94. The van der Waals surface area contributed by atoms with Crippen LogP contribution in [0, 0.1) is 0 Å². The van der Waals surface area contributed by atoms with E-state index in [1.54, 1.807) is 24.4 Å². The molecule has 0 bridgehead atoms. The van der Waals surface area contributed by atoms with Crippen molar-refractivity contribution in [2.45, 2.75) is 18.9 Å². The van der Waals surface area contributed by atoms with Crippen LogP contribution in [-0.4, -0.2) is 11.5 Å². The van der Waals surface area contributed by atoms with E-state index in [0.29, 0.717) is 0 Å². The van der Waals surface area contributed by atoms with E-state index in [0.717, 1.165) is 5.01 Å². The van der Waals surface area contributed by atoms with Gasteiger partial charge in [-0.05, 0) is 6.92 Å². The second-order valence-electron chi connectivity index (χ2n) is 4.04. The lowest BCUT2D eigenvalue weighted by atomic mass is 10.1. The number of thiazole rings is 1. The standard InChI is InChI=1S/C13H14F2N2S/c1-10(12-16-7-8-18-12)17-9-13(14,15)11-5-3-2-4-6-11/h2-8,10,17H,9H2,1H3. The third-order valence-electron chi connectivity index (χ3n) is 2.65. The van der Waals surface area contributed by atoms with E-state index < -0.39 is 12.5 Å². The van der Waals surface area contributed by atoms with E-state index in [1.165, 1.54) is 23.5 Å². The molecular weight excluding hydrogens is 254 g/mol. The van der Waals surface area contributed by atoms with Crippen LogP contribution in [0.25, 0.3) is 0 Å². The van der Waals surface area contributed by atoms with E-state index in [4.69, 9.17) is 0 Å². The minimum Gasteiger partial charge on any atom is -0.302 e. The quantitative estimate of drug-likeness (QED) is 0.896. The van der Waals surface area contributed by atoms with Gasteiger partial charge in [-0.15, -0.1) is 11.3 Å². The van der Waals surface area contributed by atoms with Crippen LogP contribution in [-0.2, 0) is 5.92 Å². The first-order valence-electron chi connectivity index (χ1n) is 5.66. The Hall–Kier alpha value is -1.33. The maximum Gasteiger partial charge on any atom is 0.285 e. The number of alkyl halides is 2. The lowest BCUT2D eigenvalue weighted by Gasteiger charge is -2.19. The number of benzene rings is 1. The Labute approximate surface area is 109 Å². The SMILES string of the molecule is CC(NCC(F)(F)c1ccccc1)c1nccs1. The van der Waals surface area contributed by atoms with E-state index in [2.05, 4.69) is 10.3 Å². The molecule has 0 spiro atoms. The molecule has 1 aromatic heterocycles. The van der Waals surface area contributed by atoms with Gasteiger partial charge in [-0.3, -0.25) is 0 Å². The number of aromatic nitrogens is 1. The zero-order valence-corrected chi connectivity index (χ0v) is 10.8. The van der Waals surface area contributed by atoms with Crippen molar-refractivity contribution in [3.05, 3.63) is 52.5 Å². The Morgan fingerprint density at radius 1 is 1.33 bits per heavy atom. The molecule has 1 unspecified atom stereocenters. The Bertz CT molecular complexity index is 471. The molecule has 0 aliphatic heterocycles. The molecule has 1 atom stereocenters. The molecule has 0 aliphatic rings. The van der Waals surface area contributed by atoms with Crippen LogP contribution in [0.5, 0.6) is 0 Å². The number of halogens is 2. The molecule has 2 nitrogen and oxygen atoms in total. The molecule has 1 heterocycles. The van der Waals surface area contributed by atoms with Crippen LogP contribution >= 0.6 is 11.3 Å². The van der Waals surface area contributed by atoms with Crippen molar-refractivity contribution >= 4 is 11.3 Å². The van der Waals surface area contributed by atoms with Crippen molar-refractivity contribution < 1.29 is 8.78 Å². The number of nitrogens with one attached hydrogen (secondary N) is 1. The average molecular weight is 268 g/mol. The van der Waals surface area contributed by atoms with Crippen LogP contribution in [0.15, 0.2) is 41.9 Å². The molecule has 0 fully saturated rings. The number of rotatable bonds is 5. The summed E-state index contributed by atoms with van der Waals surface area (Å²) in [5.41, 5.74) is 0.0313. The zero-order chi connectivity index (χ0) is 13.0. The van der Waals surface area contributed by atoms with E-state index in [9.17, 15) is 8.78 Å². The van der Waals surface area contributed by atoms with Crippen LogP contribution < -0.4 is 5.32 Å². The highest BCUT2D eigenvalue weighted by molar-refractivity contribution is 7.09. The van der Waals surface area contributed by atoms with Crippen molar-refractivity contribution in [3.8, 4) is 0 Å². The summed E-state index contributed by atoms with van der Waals surface area (Å²) in [6.07, 6.45) is 1.67. The minimum absolute atomic E-state index is 0.0313. The number of nitrogens with zero attached hydrogens (tertiary/aromatic N) is 1. The Balaban J connectivity index is 1.97. The van der Waals surface area contributed by atoms with Gasteiger partial charge in [0, 0.05) is 17.1 Å². The molecule has 2 aromatic rings. The van der Waals surface area contributed by atoms with Gasteiger partial charge in [0.15, 0.2) is 0 Å². The molecule has 18 heavy (non-hydrogen) atoms. The fourth-order valence-corrected chi connectivity index (χ4v) is 2.27. The normalized spacial score (nSPS) is 13.5. The number of hydrogen-bond acceptors (Lipinski definition) is 3. The summed E-state index contributed by atoms with van der Waals surface area (Å²) < 4.78 is 27.8. The average Bonchev–Trinajstić information content (AvgIpc) is 2.91. The Kier molecular flexibility index (Phi) is 4.04. The van der Waals surface area contributed by atoms with Crippen molar-refractivity contribution in [1.29, 1.82) is 0 Å². The molecule has 0 radical (unpaired) electrons. The van der Waals surface area contributed by atoms with E-state index >= 15 is 0 Å². The summed E-state index contributed by atoms with van der Waals surface area (Å²) >= 11 is 1.46. The van der Waals surface area contributed by atoms with E-state index in [1.807, 2.05) is 12.3 Å². The molecule has 0 amide bonds. The molecule has 5 heteroatoms. The highest BCUT2D eigenvalue weighted by Crippen LogP contribution is 2.27. The molecule has 2 rings (SSSR count). The fraction of sp³-hybridized carbons (Fsp3) is 0.308. The van der Waals surface area contributed by atoms with Crippen molar-refractivity contribution in [1.82, 2.24) is 10.3 Å². The summed E-state index contributed by atoms with van der Waals surface area (Å²) in [4.78, 5) is 4.10. The van der Waals surface area contributed by atoms with Gasteiger partial charge < -0.3 is 5.32 Å². The molecular formula is C13H14F2N2S. The summed E-state index contributed by atoms with van der Waals surface area (Å²) in [5, 5.41) is 5.48. The first-order valence-corrected chi connectivity index (χ1v) is 6.54. The second kappa shape index (κ2) is 5.54. The molecule has 0 saturated carbocycles. The van der Waals surface area contributed by atoms with Crippen LogP contribution in [0.1, 0.15) is 23.5 Å². The monoisotopic (exact) mass is 268 g/mol. The Morgan fingerprint density at radius 2 is 2.06 bits per heavy atom. The maximum absolute atomic E-state index is 13.9. The molecule has 1 N–H and O–H groups in total. The highest BCUT2D eigenvalue weighted by atomic mass is 32.1. The van der Waals surface area contributed by atoms with Crippen LogP contribution in [0.4, 0.5) is 8.78 Å². The lowest BCUT2D eigenvalue weighted by Crippen LogP contribution is -2.32. The van der Waals surface area contributed by atoms with Gasteiger partial charge in [-0.1, -0.05) is 30.3 Å². The molecule has 0 saturated heterocycles. The summed E-state index contributed by atoms with van der Waals surface area (Å²) in [6.45, 7) is 1.44. The van der Waals surface area contributed by atoms with Gasteiger partial charge in [-0.2, -0.15) is 8.78 Å². The Morgan fingerprint density at radius 3 is 2.67 bits per heavy atom. The van der Waals surface area contributed by atoms with E-state index in [-0.39, 0.29) is 11.6 Å². The predicted octanol–water partition coefficient (Wildman–Crippen LogP) is 3.59.